The second-order valence-corrected chi connectivity index (χ2v) is 6.33. The average Bonchev–Trinajstić information content (AvgIpc) is 2.73. The standard InChI is InChI=1S/C21H21N3O5/c1-29-17-9-7-16(8-10-17)24-20(27)18(19(26)23-21(24)28)12-22-15(13-25)11-14-5-3-2-4-6-14/h2-10,12,15,25,27H,11,13H2,1H3,(H,23,26,28)/t15-/m1/s1. The number of nitrogens with one attached hydrogen (secondary N) is 1. The Bertz CT molecular complexity index is 1100. The number of H-pyrrole nitrogens is 1. The molecule has 1 aromatic heterocycles. The van der Waals surface area contributed by atoms with E-state index in [1.165, 1.54) is 13.3 Å². The van der Waals surface area contributed by atoms with Crippen molar-refractivity contribution in [2.24, 2.45) is 4.99 Å². The Balaban J connectivity index is 1.95. The Labute approximate surface area is 166 Å². The summed E-state index contributed by atoms with van der Waals surface area (Å²) in [5.41, 5.74) is -0.394. The van der Waals surface area contributed by atoms with Crippen LogP contribution < -0.4 is 16.0 Å². The van der Waals surface area contributed by atoms with Crippen LogP contribution in [0.3, 0.4) is 0 Å². The van der Waals surface area contributed by atoms with Crippen molar-refractivity contribution < 1.29 is 14.9 Å². The highest BCUT2D eigenvalue weighted by Crippen LogP contribution is 2.18. The normalized spacial score (nSPS) is 12.2. The van der Waals surface area contributed by atoms with E-state index in [0.717, 1.165) is 10.1 Å². The van der Waals surface area contributed by atoms with Crippen molar-refractivity contribution in [3.05, 3.63) is 86.6 Å². The number of aromatic hydroxyl groups is 1. The molecule has 0 bridgehead atoms. The predicted molar refractivity (Wildman–Crippen MR) is 109 cm³/mol. The van der Waals surface area contributed by atoms with E-state index in [1.54, 1.807) is 24.3 Å². The molecule has 0 aliphatic carbocycles. The number of nitrogens with zero attached hydrogens (tertiary/aromatic N) is 2. The lowest BCUT2D eigenvalue weighted by molar-refractivity contribution is 0.266. The Kier molecular flexibility index (Phi) is 6.25. The molecule has 1 heterocycles. The summed E-state index contributed by atoms with van der Waals surface area (Å²) in [6.45, 7) is -0.234. The fourth-order valence-electron chi connectivity index (χ4n) is 2.86. The molecule has 0 radical (unpaired) electrons. The molecule has 3 aromatic rings. The largest absolute Gasteiger partial charge is 0.497 e. The van der Waals surface area contributed by atoms with Gasteiger partial charge in [-0.2, -0.15) is 0 Å². The first-order valence-electron chi connectivity index (χ1n) is 8.94. The lowest BCUT2D eigenvalue weighted by atomic mass is 10.1. The molecule has 29 heavy (non-hydrogen) atoms. The zero-order chi connectivity index (χ0) is 20.8. The first kappa shape index (κ1) is 20.1. The van der Waals surface area contributed by atoms with E-state index >= 15 is 0 Å². The van der Waals surface area contributed by atoms with Crippen LogP contribution in [-0.2, 0) is 6.42 Å². The summed E-state index contributed by atoms with van der Waals surface area (Å²) in [6.07, 6.45) is 1.64. The molecular weight excluding hydrogens is 374 g/mol. The summed E-state index contributed by atoms with van der Waals surface area (Å²) in [4.78, 5) is 30.8. The van der Waals surface area contributed by atoms with Gasteiger partial charge in [0.05, 0.1) is 25.4 Å². The summed E-state index contributed by atoms with van der Waals surface area (Å²) in [6, 6.07) is 15.4. The van der Waals surface area contributed by atoms with Crippen LogP contribution in [0.2, 0.25) is 0 Å². The van der Waals surface area contributed by atoms with E-state index < -0.39 is 23.2 Å². The van der Waals surface area contributed by atoms with Crippen LogP contribution in [0.1, 0.15) is 11.1 Å². The molecule has 0 aliphatic rings. The molecular formula is C21H21N3O5. The smallest absolute Gasteiger partial charge is 0.335 e. The molecule has 0 fully saturated rings. The quantitative estimate of drug-likeness (QED) is 0.521. The maximum Gasteiger partial charge on any atom is 0.335 e. The molecule has 0 unspecified atom stereocenters. The van der Waals surface area contributed by atoms with Crippen LogP contribution >= 0.6 is 0 Å². The molecule has 3 N–H and O–H groups in total. The molecule has 8 nitrogen and oxygen atoms in total. The molecule has 0 saturated carbocycles. The monoisotopic (exact) mass is 395 g/mol. The van der Waals surface area contributed by atoms with Crippen molar-refractivity contribution in [2.75, 3.05) is 13.7 Å². The van der Waals surface area contributed by atoms with Gasteiger partial charge in [0.15, 0.2) is 0 Å². The fraction of sp³-hybridized carbons (Fsp3) is 0.190. The van der Waals surface area contributed by atoms with E-state index in [4.69, 9.17) is 4.74 Å². The molecule has 0 saturated heterocycles. The van der Waals surface area contributed by atoms with Gasteiger partial charge < -0.3 is 14.9 Å². The highest BCUT2D eigenvalue weighted by molar-refractivity contribution is 5.82. The number of benzene rings is 2. The molecule has 8 heteroatoms. The number of aliphatic imine (C=N–C) groups is 1. The Morgan fingerprint density at radius 3 is 2.45 bits per heavy atom. The van der Waals surface area contributed by atoms with Crippen LogP contribution in [-0.4, -0.2) is 45.7 Å². The molecule has 2 aromatic carbocycles. The van der Waals surface area contributed by atoms with Gasteiger partial charge in [-0.25, -0.2) is 9.36 Å². The molecule has 1 atom stereocenters. The number of ether oxygens (including phenoxy) is 1. The first-order valence-corrected chi connectivity index (χ1v) is 8.94. The van der Waals surface area contributed by atoms with E-state index in [2.05, 4.69) is 9.98 Å². The van der Waals surface area contributed by atoms with Crippen molar-refractivity contribution in [1.29, 1.82) is 0 Å². The zero-order valence-corrected chi connectivity index (χ0v) is 15.8. The minimum atomic E-state index is -0.780. The van der Waals surface area contributed by atoms with Crippen molar-refractivity contribution >= 4 is 6.21 Å². The zero-order valence-electron chi connectivity index (χ0n) is 15.8. The highest BCUT2D eigenvalue weighted by Gasteiger charge is 2.15. The summed E-state index contributed by atoms with van der Waals surface area (Å²) in [5.74, 6) is 0.0447. The number of hydrogen-bond acceptors (Lipinski definition) is 6. The van der Waals surface area contributed by atoms with Gasteiger partial charge >= 0.3 is 5.69 Å². The van der Waals surface area contributed by atoms with Gasteiger partial charge in [0.25, 0.3) is 5.56 Å². The summed E-state index contributed by atoms with van der Waals surface area (Å²) in [5, 5.41) is 20.2. The van der Waals surface area contributed by atoms with E-state index in [1.807, 2.05) is 30.3 Å². The van der Waals surface area contributed by atoms with Gasteiger partial charge in [0.1, 0.15) is 11.3 Å². The Morgan fingerprint density at radius 2 is 1.83 bits per heavy atom. The fourth-order valence-corrected chi connectivity index (χ4v) is 2.86. The van der Waals surface area contributed by atoms with Crippen molar-refractivity contribution in [2.45, 2.75) is 12.5 Å². The van der Waals surface area contributed by atoms with Crippen molar-refractivity contribution in [3.8, 4) is 17.3 Å². The van der Waals surface area contributed by atoms with Crippen LogP contribution in [0, 0.1) is 0 Å². The number of aliphatic hydroxyl groups is 1. The topological polar surface area (TPSA) is 117 Å². The maximum atomic E-state index is 12.2. The van der Waals surface area contributed by atoms with E-state index in [-0.39, 0.29) is 12.2 Å². The predicted octanol–water partition coefficient (Wildman–Crippen LogP) is 1.26. The van der Waals surface area contributed by atoms with Gasteiger partial charge in [0, 0.05) is 6.21 Å². The van der Waals surface area contributed by atoms with Crippen molar-refractivity contribution in [3.63, 3.8) is 0 Å². The Hall–Kier alpha value is -3.65. The van der Waals surface area contributed by atoms with Crippen LogP contribution in [0.25, 0.3) is 5.69 Å². The van der Waals surface area contributed by atoms with Gasteiger partial charge in [-0.1, -0.05) is 30.3 Å². The van der Waals surface area contributed by atoms with Gasteiger partial charge in [-0.05, 0) is 36.2 Å². The number of methoxy groups -OCH3 is 1. The van der Waals surface area contributed by atoms with Crippen molar-refractivity contribution in [1.82, 2.24) is 9.55 Å². The number of aliphatic hydroxyl groups excluding tert-OH is 1. The number of hydrogen-bond donors (Lipinski definition) is 3. The van der Waals surface area contributed by atoms with Crippen LogP contribution in [0.5, 0.6) is 11.6 Å². The molecule has 0 aliphatic heterocycles. The van der Waals surface area contributed by atoms with Gasteiger partial charge in [-0.3, -0.25) is 14.8 Å². The average molecular weight is 395 g/mol. The summed E-state index contributed by atoms with van der Waals surface area (Å²) in [7, 11) is 1.51. The highest BCUT2D eigenvalue weighted by atomic mass is 16.5. The third-order valence-corrected chi connectivity index (χ3v) is 4.39. The van der Waals surface area contributed by atoms with Gasteiger partial charge in [0.2, 0.25) is 5.88 Å². The first-order chi connectivity index (χ1) is 14.0. The minimum Gasteiger partial charge on any atom is -0.497 e. The molecule has 0 amide bonds. The van der Waals surface area contributed by atoms with Crippen LogP contribution in [0.15, 0.2) is 69.2 Å². The maximum absolute atomic E-state index is 12.2. The minimum absolute atomic E-state index is 0.174. The van der Waals surface area contributed by atoms with Gasteiger partial charge in [-0.15, -0.1) is 0 Å². The second-order valence-electron chi connectivity index (χ2n) is 6.33. The SMILES string of the molecule is COc1ccc(-n2c(O)c(C=N[C@@H](CO)Cc3ccccc3)c(=O)[nH]c2=O)cc1. The van der Waals surface area contributed by atoms with Crippen LogP contribution in [0.4, 0.5) is 0 Å². The molecule has 150 valence electrons. The van der Waals surface area contributed by atoms with E-state index in [0.29, 0.717) is 17.9 Å². The Morgan fingerprint density at radius 1 is 1.14 bits per heavy atom. The van der Waals surface area contributed by atoms with E-state index in [9.17, 15) is 19.8 Å². The third-order valence-electron chi connectivity index (χ3n) is 4.39. The summed E-state index contributed by atoms with van der Waals surface area (Å²) < 4.78 is 6.05. The lowest BCUT2D eigenvalue weighted by Gasteiger charge is -2.11. The number of aromatic amines is 1. The molecule has 0 spiro atoms. The third kappa shape index (κ3) is 4.61. The molecule has 3 rings (SSSR count). The number of aromatic nitrogens is 2. The summed E-state index contributed by atoms with van der Waals surface area (Å²) >= 11 is 0. The lowest BCUT2D eigenvalue weighted by Crippen LogP contribution is -2.31. The second kappa shape index (κ2) is 9.03. The number of rotatable bonds is 7.